The van der Waals surface area contributed by atoms with Crippen LogP contribution in [0.5, 0.6) is 0 Å². The van der Waals surface area contributed by atoms with Crippen LogP contribution in [0.3, 0.4) is 0 Å². The molecule has 0 fully saturated rings. The second-order valence-electron chi connectivity index (χ2n) is 3.87. The van der Waals surface area contributed by atoms with Gasteiger partial charge in [0.2, 0.25) is 0 Å². The van der Waals surface area contributed by atoms with Crippen LogP contribution < -0.4 is 5.73 Å². The van der Waals surface area contributed by atoms with Crippen LogP contribution in [0.2, 0.25) is 5.02 Å². The second-order valence-corrected chi connectivity index (χ2v) is 5.13. The van der Waals surface area contributed by atoms with Gasteiger partial charge in [0, 0.05) is 30.2 Å². The van der Waals surface area contributed by atoms with E-state index in [-0.39, 0.29) is 6.04 Å². The summed E-state index contributed by atoms with van der Waals surface area (Å²) in [6.45, 7) is 0. The molecule has 2 aromatic rings. The minimum Gasteiger partial charge on any atom is -0.324 e. The van der Waals surface area contributed by atoms with Crippen molar-refractivity contribution in [1.29, 1.82) is 0 Å². The normalized spacial score (nSPS) is 12.7. The molecule has 1 atom stereocenters. The van der Waals surface area contributed by atoms with Gasteiger partial charge in [-0.2, -0.15) is 0 Å². The van der Waals surface area contributed by atoms with E-state index in [0.29, 0.717) is 11.4 Å². The Balaban J connectivity index is 2.14. The Morgan fingerprint density at radius 2 is 2.29 bits per heavy atom. The Labute approximate surface area is 113 Å². The summed E-state index contributed by atoms with van der Waals surface area (Å²) < 4.78 is 2.53. The number of hydrogen-bond donors (Lipinski definition) is 1. The van der Waals surface area contributed by atoms with E-state index in [1.807, 2.05) is 31.4 Å². The Bertz CT molecular complexity index is 526. The predicted octanol–water partition coefficient (Wildman–Crippen LogP) is 2.47. The minimum absolute atomic E-state index is 0.128. The van der Waals surface area contributed by atoms with Crippen LogP contribution in [0.4, 0.5) is 0 Å². The van der Waals surface area contributed by atoms with E-state index >= 15 is 0 Å². The number of benzene rings is 1. The SMILES string of the molecule is Cn1cc(CC(N)c2ccc(Br)c(Cl)c2)nn1. The number of hydrogen-bond acceptors (Lipinski definition) is 3. The van der Waals surface area contributed by atoms with E-state index in [9.17, 15) is 0 Å². The Hall–Kier alpha value is -0.910. The summed E-state index contributed by atoms with van der Waals surface area (Å²) in [5.74, 6) is 0. The molecule has 1 aromatic heterocycles. The molecule has 0 radical (unpaired) electrons. The van der Waals surface area contributed by atoms with E-state index in [2.05, 4.69) is 26.2 Å². The van der Waals surface area contributed by atoms with Crippen molar-refractivity contribution >= 4 is 27.5 Å². The molecule has 0 aliphatic rings. The van der Waals surface area contributed by atoms with Crippen molar-refractivity contribution in [2.24, 2.45) is 12.8 Å². The third-order valence-electron chi connectivity index (χ3n) is 2.45. The van der Waals surface area contributed by atoms with Gasteiger partial charge in [0.1, 0.15) is 0 Å². The number of aromatic nitrogens is 3. The summed E-state index contributed by atoms with van der Waals surface area (Å²) in [5, 5.41) is 8.55. The van der Waals surface area contributed by atoms with Gasteiger partial charge in [-0.25, -0.2) is 0 Å². The number of rotatable bonds is 3. The van der Waals surface area contributed by atoms with Crippen molar-refractivity contribution in [2.75, 3.05) is 0 Å². The van der Waals surface area contributed by atoms with Crippen molar-refractivity contribution in [3.63, 3.8) is 0 Å². The first-order valence-electron chi connectivity index (χ1n) is 5.12. The van der Waals surface area contributed by atoms with Gasteiger partial charge in [-0.1, -0.05) is 22.9 Å². The lowest BCUT2D eigenvalue weighted by Gasteiger charge is -2.11. The van der Waals surface area contributed by atoms with Gasteiger partial charge in [-0.15, -0.1) is 5.10 Å². The Kier molecular flexibility index (Phi) is 3.81. The topological polar surface area (TPSA) is 56.7 Å². The number of nitrogens with two attached hydrogens (primary N) is 1. The van der Waals surface area contributed by atoms with Crippen molar-refractivity contribution in [3.05, 3.63) is 45.1 Å². The van der Waals surface area contributed by atoms with Gasteiger partial charge in [0.05, 0.1) is 10.7 Å². The molecule has 17 heavy (non-hydrogen) atoms. The lowest BCUT2D eigenvalue weighted by Crippen LogP contribution is -2.13. The fraction of sp³-hybridized carbons (Fsp3) is 0.273. The highest BCUT2D eigenvalue weighted by Gasteiger charge is 2.10. The summed E-state index contributed by atoms with van der Waals surface area (Å²) in [6.07, 6.45) is 2.51. The molecule has 90 valence electrons. The van der Waals surface area contributed by atoms with Gasteiger partial charge in [-0.05, 0) is 33.6 Å². The molecule has 0 saturated heterocycles. The zero-order valence-electron chi connectivity index (χ0n) is 9.27. The molecule has 4 nitrogen and oxygen atoms in total. The average molecular weight is 316 g/mol. The largest absolute Gasteiger partial charge is 0.324 e. The number of halogens is 2. The first kappa shape index (κ1) is 12.5. The zero-order chi connectivity index (χ0) is 12.4. The van der Waals surface area contributed by atoms with Gasteiger partial charge in [0.25, 0.3) is 0 Å². The second kappa shape index (κ2) is 5.16. The third-order valence-corrected chi connectivity index (χ3v) is 3.68. The van der Waals surface area contributed by atoms with Gasteiger partial charge >= 0.3 is 0 Å². The van der Waals surface area contributed by atoms with Crippen LogP contribution in [0.1, 0.15) is 17.3 Å². The van der Waals surface area contributed by atoms with E-state index in [1.165, 1.54) is 0 Å². The lowest BCUT2D eigenvalue weighted by atomic mass is 10.0. The highest BCUT2D eigenvalue weighted by molar-refractivity contribution is 9.10. The molecular formula is C11H12BrClN4. The first-order chi connectivity index (χ1) is 8.06. The maximum absolute atomic E-state index is 6.10. The van der Waals surface area contributed by atoms with Crippen LogP contribution >= 0.6 is 27.5 Å². The van der Waals surface area contributed by atoms with Gasteiger partial charge in [-0.3, -0.25) is 4.68 Å². The van der Waals surface area contributed by atoms with Crippen molar-refractivity contribution < 1.29 is 0 Å². The van der Waals surface area contributed by atoms with E-state index in [0.717, 1.165) is 15.7 Å². The van der Waals surface area contributed by atoms with Crippen molar-refractivity contribution in [3.8, 4) is 0 Å². The maximum Gasteiger partial charge on any atom is 0.0845 e. The van der Waals surface area contributed by atoms with Gasteiger partial charge in [0.15, 0.2) is 0 Å². The summed E-state index contributed by atoms with van der Waals surface area (Å²) in [7, 11) is 1.83. The molecular weight excluding hydrogens is 304 g/mol. The molecule has 1 heterocycles. The fourth-order valence-electron chi connectivity index (χ4n) is 1.58. The number of nitrogens with zero attached hydrogens (tertiary/aromatic N) is 3. The third kappa shape index (κ3) is 3.06. The van der Waals surface area contributed by atoms with Crippen molar-refractivity contribution in [2.45, 2.75) is 12.5 Å². The molecule has 0 aliphatic carbocycles. The molecule has 1 unspecified atom stereocenters. The van der Waals surface area contributed by atoms with E-state index in [1.54, 1.807) is 4.68 Å². The standard InChI is InChI=1S/C11H12BrClN4/c1-17-6-8(15-16-17)5-11(14)7-2-3-9(12)10(13)4-7/h2-4,6,11H,5,14H2,1H3. The van der Waals surface area contributed by atoms with Crippen LogP contribution in [0.15, 0.2) is 28.9 Å². The quantitative estimate of drug-likeness (QED) is 0.946. The minimum atomic E-state index is -0.128. The summed E-state index contributed by atoms with van der Waals surface area (Å²) in [5.41, 5.74) is 7.97. The van der Waals surface area contributed by atoms with Crippen molar-refractivity contribution in [1.82, 2.24) is 15.0 Å². The van der Waals surface area contributed by atoms with Crippen LogP contribution in [0, 0.1) is 0 Å². The average Bonchev–Trinajstić information content (AvgIpc) is 2.68. The molecule has 2 rings (SSSR count). The highest BCUT2D eigenvalue weighted by atomic mass is 79.9. The Morgan fingerprint density at radius 1 is 1.53 bits per heavy atom. The Morgan fingerprint density at radius 3 is 2.88 bits per heavy atom. The smallest absolute Gasteiger partial charge is 0.0845 e. The zero-order valence-corrected chi connectivity index (χ0v) is 11.6. The van der Waals surface area contributed by atoms with Crippen LogP contribution in [-0.4, -0.2) is 15.0 Å². The first-order valence-corrected chi connectivity index (χ1v) is 6.29. The molecule has 0 saturated carbocycles. The fourth-order valence-corrected chi connectivity index (χ4v) is 2.01. The molecule has 6 heteroatoms. The monoisotopic (exact) mass is 314 g/mol. The molecule has 0 amide bonds. The van der Waals surface area contributed by atoms with Gasteiger partial charge < -0.3 is 5.73 Å². The van der Waals surface area contributed by atoms with E-state index < -0.39 is 0 Å². The molecule has 0 bridgehead atoms. The summed E-state index contributed by atoms with van der Waals surface area (Å²) in [4.78, 5) is 0. The maximum atomic E-state index is 6.10. The lowest BCUT2D eigenvalue weighted by molar-refractivity contribution is 0.694. The molecule has 1 aromatic carbocycles. The van der Waals surface area contributed by atoms with E-state index in [4.69, 9.17) is 17.3 Å². The summed E-state index contributed by atoms with van der Waals surface area (Å²) >= 11 is 9.38. The highest BCUT2D eigenvalue weighted by Crippen LogP contribution is 2.26. The molecule has 0 spiro atoms. The molecule has 0 aliphatic heterocycles. The summed E-state index contributed by atoms with van der Waals surface area (Å²) in [6, 6.07) is 5.59. The predicted molar refractivity (Wildman–Crippen MR) is 70.8 cm³/mol. The number of aryl methyl sites for hydroxylation is 1. The molecule has 2 N–H and O–H groups in total. The van der Waals surface area contributed by atoms with Crippen LogP contribution in [0.25, 0.3) is 0 Å². The van der Waals surface area contributed by atoms with Crippen LogP contribution in [-0.2, 0) is 13.5 Å².